The first-order valence-electron chi connectivity index (χ1n) is 5.35. The molecule has 2 nitrogen and oxygen atoms in total. The van der Waals surface area contributed by atoms with Gasteiger partial charge in [-0.3, -0.25) is 4.98 Å². The third kappa shape index (κ3) is 4.67. The Bertz CT molecular complexity index is 282. The monoisotopic (exact) mass is 224 g/mol. The van der Waals surface area contributed by atoms with Gasteiger partial charge in [0.2, 0.25) is 0 Å². The second-order valence-electron chi connectivity index (χ2n) is 4.27. The highest BCUT2D eigenvalue weighted by atomic mass is 32.2. The molecule has 0 bridgehead atoms. The highest BCUT2D eigenvalue weighted by Crippen LogP contribution is 2.17. The zero-order valence-corrected chi connectivity index (χ0v) is 10.6. The summed E-state index contributed by atoms with van der Waals surface area (Å²) in [4.78, 5) is 4.25. The maximum Gasteiger partial charge on any atom is 0.0402 e. The van der Waals surface area contributed by atoms with E-state index in [0.29, 0.717) is 0 Å². The number of nitrogens with zero attached hydrogens (tertiary/aromatic N) is 1. The van der Waals surface area contributed by atoms with Gasteiger partial charge in [-0.25, -0.2) is 0 Å². The molecule has 1 heterocycles. The molecule has 84 valence electrons. The molecule has 2 N–H and O–H groups in total. The first kappa shape index (κ1) is 12.5. The van der Waals surface area contributed by atoms with Gasteiger partial charge in [0.05, 0.1) is 0 Å². The molecular formula is C12H20N2S. The normalized spacial score (nSPS) is 13.1. The van der Waals surface area contributed by atoms with Gasteiger partial charge in [-0.2, -0.15) is 11.8 Å². The minimum Gasteiger partial charge on any atom is -0.323 e. The van der Waals surface area contributed by atoms with Gasteiger partial charge >= 0.3 is 0 Å². The Kier molecular flexibility index (Phi) is 5.12. The van der Waals surface area contributed by atoms with Crippen LogP contribution in [0.15, 0.2) is 18.3 Å². The molecule has 0 spiro atoms. The van der Waals surface area contributed by atoms with E-state index in [-0.39, 0.29) is 6.04 Å². The van der Waals surface area contributed by atoms with Crippen molar-refractivity contribution in [2.24, 2.45) is 11.7 Å². The number of aryl methyl sites for hydroxylation is 1. The average molecular weight is 224 g/mol. The summed E-state index contributed by atoms with van der Waals surface area (Å²) in [6.07, 6.45) is 1.88. The number of rotatable bonds is 5. The van der Waals surface area contributed by atoms with Gasteiger partial charge in [0.1, 0.15) is 0 Å². The van der Waals surface area contributed by atoms with Crippen molar-refractivity contribution in [3.63, 3.8) is 0 Å². The molecule has 0 saturated heterocycles. The molecule has 0 amide bonds. The third-order valence-corrected chi connectivity index (χ3v) is 3.61. The SMILES string of the molecule is Cc1ccc(C(N)CSCC(C)C)cn1. The Morgan fingerprint density at radius 3 is 2.60 bits per heavy atom. The van der Waals surface area contributed by atoms with E-state index in [1.807, 2.05) is 30.9 Å². The molecule has 0 fully saturated rings. The minimum absolute atomic E-state index is 0.113. The quantitative estimate of drug-likeness (QED) is 0.836. The minimum atomic E-state index is 0.113. The van der Waals surface area contributed by atoms with E-state index in [1.54, 1.807) is 0 Å². The van der Waals surface area contributed by atoms with Crippen molar-refractivity contribution >= 4 is 11.8 Å². The van der Waals surface area contributed by atoms with E-state index >= 15 is 0 Å². The lowest BCUT2D eigenvalue weighted by molar-refractivity contribution is 0.746. The Balaban J connectivity index is 2.40. The van der Waals surface area contributed by atoms with E-state index in [1.165, 1.54) is 5.75 Å². The van der Waals surface area contributed by atoms with Crippen LogP contribution in [0.3, 0.4) is 0 Å². The first-order valence-corrected chi connectivity index (χ1v) is 6.51. The molecule has 1 rings (SSSR count). The third-order valence-electron chi connectivity index (χ3n) is 2.11. The van der Waals surface area contributed by atoms with Gasteiger partial charge in [0.15, 0.2) is 0 Å². The number of thioether (sulfide) groups is 1. The molecular weight excluding hydrogens is 204 g/mol. The van der Waals surface area contributed by atoms with Crippen molar-refractivity contribution in [2.75, 3.05) is 11.5 Å². The van der Waals surface area contributed by atoms with E-state index < -0.39 is 0 Å². The number of pyridine rings is 1. The molecule has 3 heteroatoms. The summed E-state index contributed by atoms with van der Waals surface area (Å²) in [5, 5.41) is 0. The molecule has 0 aliphatic carbocycles. The fourth-order valence-corrected chi connectivity index (χ4v) is 2.28. The number of hydrogen-bond donors (Lipinski definition) is 1. The molecule has 0 aromatic carbocycles. The Labute approximate surface area is 96.7 Å². The fourth-order valence-electron chi connectivity index (χ4n) is 1.23. The molecule has 15 heavy (non-hydrogen) atoms. The van der Waals surface area contributed by atoms with Gasteiger partial charge in [-0.15, -0.1) is 0 Å². The van der Waals surface area contributed by atoms with Gasteiger partial charge in [-0.05, 0) is 30.2 Å². The number of nitrogens with two attached hydrogens (primary N) is 1. The predicted octanol–water partition coefficient (Wildman–Crippen LogP) is 2.78. The second kappa shape index (κ2) is 6.13. The Morgan fingerprint density at radius 1 is 1.33 bits per heavy atom. The summed E-state index contributed by atoms with van der Waals surface area (Å²) >= 11 is 1.92. The van der Waals surface area contributed by atoms with Gasteiger partial charge < -0.3 is 5.73 Å². The largest absolute Gasteiger partial charge is 0.323 e. The number of aromatic nitrogens is 1. The van der Waals surface area contributed by atoms with E-state index in [2.05, 4.69) is 24.9 Å². The van der Waals surface area contributed by atoms with E-state index in [4.69, 9.17) is 5.73 Å². The van der Waals surface area contributed by atoms with Crippen molar-refractivity contribution in [3.05, 3.63) is 29.6 Å². The van der Waals surface area contributed by atoms with Crippen molar-refractivity contribution in [1.29, 1.82) is 0 Å². The number of hydrogen-bond acceptors (Lipinski definition) is 3. The van der Waals surface area contributed by atoms with Crippen LogP contribution in [0.5, 0.6) is 0 Å². The molecule has 0 radical (unpaired) electrons. The molecule has 1 aromatic rings. The summed E-state index contributed by atoms with van der Waals surface area (Å²) in [7, 11) is 0. The van der Waals surface area contributed by atoms with Gasteiger partial charge in [0, 0.05) is 23.7 Å². The van der Waals surface area contributed by atoms with Gasteiger partial charge in [-0.1, -0.05) is 19.9 Å². The van der Waals surface area contributed by atoms with Crippen LogP contribution in [-0.2, 0) is 0 Å². The molecule has 1 aromatic heterocycles. The summed E-state index contributed by atoms with van der Waals surface area (Å²) in [5.74, 6) is 2.88. The summed E-state index contributed by atoms with van der Waals surface area (Å²) in [6.45, 7) is 6.45. The summed E-state index contributed by atoms with van der Waals surface area (Å²) < 4.78 is 0. The van der Waals surface area contributed by atoms with Crippen molar-refractivity contribution in [3.8, 4) is 0 Å². The zero-order valence-electron chi connectivity index (χ0n) is 9.73. The van der Waals surface area contributed by atoms with Crippen molar-refractivity contribution < 1.29 is 0 Å². The van der Waals surface area contributed by atoms with Crippen LogP contribution in [0, 0.1) is 12.8 Å². The van der Waals surface area contributed by atoms with E-state index in [0.717, 1.165) is 22.9 Å². The van der Waals surface area contributed by atoms with Crippen LogP contribution in [0.25, 0.3) is 0 Å². The van der Waals surface area contributed by atoms with Crippen LogP contribution in [0.2, 0.25) is 0 Å². The molecule has 0 saturated carbocycles. The van der Waals surface area contributed by atoms with Crippen molar-refractivity contribution in [2.45, 2.75) is 26.8 Å². The first-order chi connectivity index (χ1) is 7.09. The van der Waals surface area contributed by atoms with E-state index in [9.17, 15) is 0 Å². The highest BCUT2D eigenvalue weighted by Gasteiger charge is 2.06. The van der Waals surface area contributed by atoms with Crippen LogP contribution in [0.4, 0.5) is 0 Å². The van der Waals surface area contributed by atoms with Crippen LogP contribution in [0.1, 0.15) is 31.1 Å². The predicted molar refractivity (Wildman–Crippen MR) is 68.1 cm³/mol. The van der Waals surface area contributed by atoms with Crippen LogP contribution >= 0.6 is 11.8 Å². The summed E-state index contributed by atoms with van der Waals surface area (Å²) in [5.41, 5.74) is 8.25. The molecule has 0 aliphatic rings. The zero-order chi connectivity index (χ0) is 11.3. The highest BCUT2D eigenvalue weighted by molar-refractivity contribution is 7.99. The molecule has 1 atom stereocenters. The fraction of sp³-hybridized carbons (Fsp3) is 0.583. The second-order valence-corrected chi connectivity index (χ2v) is 5.35. The maximum absolute atomic E-state index is 6.07. The van der Waals surface area contributed by atoms with Gasteiger partial charge in [0.25, 0.3) is 0 Å². The topological polar surface area (TPSA) is 38.9 Å². The lowest BCUT2D eigenvalue weighted by Crippen LogP contribution is -2.14. The molecule has 1 unspecified atom stereocenters. The lowest BCUT2D eigenvalue weighted by atomic mass is 10.1. The summed E-state index contributed by atoms with van der Waals surface area (Å²) in [6, 6.07) is 4.20. The standard InChI is InChI=1S/C12H20N2S/c1-9(2)7-15-8-12(13)11-5-4-10(3)14-6-11/h4-6,9,12H,7-8,13H2,1-3H3. The van der Waals surface area contributed by atoms with Crippen LogP contribution in [-0.4, -0.2) is 16.5 Å². The van der Waals surface area contributed by atoms with Crippen molar-refractivity contribution in [1.82, 2.24) is 4.98 Å². The maximum atomic E-state index is 6.07. The Morgan fingerprint density at radius 2 is 2.07 bits per heavy atom. The lowest BCUT2D eigenvalue weighted by Gasteiger charge is -2.12. The smallest absolute Gasteiger partial charge is 0.0402 e. The Hall–Kier alpha value is -0.540. The average Bonchev–Trinajstić information content (AvgIpc) is 2.18. The van der Waals surface area contributed by atoms with Crippen LogP contribution < -0.4 is 5.73 Å². The molecule has 0 aliphatic heterocycles.